The Morgan fingerprint density at radius 2 is 2.04 bits per heavy atom. The maximum Gasteiger partial charge on any atom is 0.243 e. The second-order valence-electron chi connectivity index (χ2n) is 5.78. The summed E-state index contributed by atoms with van der Waals surface area (Å²) < 4.78 is 59.4. The van der Waals surface area contributed by atoms with Gasteiger partial charge < -0.3 is 4.74 Å². The quantitative estimate of drug-likeness (QED) is 0.623. The summed E-state index contributed by atoms with van der Waals surface area (Å²) in [6.45, 7) is 0.971. The van der Waals surface area contributed by atoms with Crippen molar-refractivity contribution in [3.05, 3.63) is 12.4 Å². The van der Waals surface area contributed by atoms with Crippen molar-refractivity contribution in [2.45, 2.75) is 36.2 Å². The van der Waals surface area contributed by atoms with E-state index in [0.717, 1.165) is 19.3 Å². The molecule has 1 aromatic rings. The molecule has 1 unspecified atom stereocenters. The topological polar surface area (TPSA) is 119 Å². The molecular formula is C12H20N4O5S2. The molecule has 130 valence electrons. The highest BCUT2D eigenvalue weighted by atomic mass is 32.2. The van der Waals surface area contributed by atoms with E-state index in [9.17, 15) is 16.8 Å². The van der Waals surface area contributed by atoms with Gasteiger partial charge in [-0.1, -0.05) is 0 Å². The van der Waals surface area contributed by atoms with Gasteiger partial charge in [0.15, 0.2) is 0 Å². The number of hydrogen-bond acceptors (Lipinski definition) is 6. The van der Waals surface area contributed by atoms with Crippen LogP contribution in [0, 0.1) is 0 Å². The number of nitrogens with zero attached hydrogens (tertiary/aromatic N) is 2. The molecule has 0 aromatic carbocycles. The van der Waals surface area contributed by atoms with Crippen LogP contribution in [0.15, 0.2) is 17.3 Å². The lowest BCUT2D eigenvalue weighted by Crippen LogP contribution is -2.35. The van der Waals surface area contributed by atoms with Gasteiger partial charge in [0, 0.05) is 25.4 Å². The average Bonchev–Trinajstić information content (AvgIpc) is 2.98. The van der Waals surface area contributed by atoms with E-state index in [0.29, 0.717) is 13.2 Å². The maximum absolute atomic E-state index is 12.2. The van der Waals surface area contributed by atoms with Gasteiger partial charge in [-0.3, -0.25) is 4.68 Å². The summed E-state index contributed by atoms with van der Waals surface area (Å²) in [4.78, 5) is 0.0250. The average molecular weight is 364 g/mol. The molecule has 0 bridgehead atoms. The monoisotopic (exact) mass is 364 g/mol. The number of aromatic nitrogens is 2. The van der Waals surface area contributed by atoms with Gasteiger partial charge in [-0.15, -0.1) is 0 Å². The van der Waals surface area contributed by atoms with E-state index < -0.39 is 20.0 Å². The minimum absolute atomic E-state index is 0.0171. The lowest BCUT2D eigenvalue weighted by molar-refractivity contribution is 0.184. The zero-order valence-corrected chi connectivity index (χ0v) is 14.1. The zero-order valence-electron chi connectivity index (χ0n) is 12.5. The summed E-state index contributed by atoms with van der Waals surface area (Å²) in [6.07, 6.45) is 5.18. The Labute approximate surface area is 135 Å². The fourth-order valence-corrected chi connectivity index (χ4v) is 4.63. The molecule has 1 atom stereocenters. The molecule has 2 heterocycles. The van der Waals surface area contributed by atoms with Crippen LogP contribution in [0.3, 0.4) is 0 Å². The smallest absolute Gasteiger partial charge is 0.243 e. The first-order valence-corrected chi connectivity index (χ1v) is 10.6. The summed E-state index contributed by atoms with van der Waals surface area (Å²) in [7, 11) is -7.22. The molecule has 1 aliphatic carbocycles. The molecule has 1 saturated heterocycles. The summed E-state index contributed by atoms with van der Waals surface area (Å²) >= 11 is 0. The molecule has 0 radical (unpaired) electrons. The summed E-state index contributed by atoms with van der Waals surface area (Å²) in [5.41, 5.74) is 0. The fourth-order valence-electron chi connectivity index (χ4n) is 2.30. The first kappa shape index (κ1) is 16.8. The molecule has 11 heteroatoms. The molecule has 23 heavy (non-hydrogen) atoms. The third-order valence-corrected chi connectivity index (χ3v) is 6.60. The molecule has 2 aliphatic rings. The van der Waals surface area contributed by atoms with Crippen molar-refractivity contribution < 1.29 is 21.6 Å². The number of nitrogens with one attached hydrogen (secondary N) is 2. The van der Waals surface area contributed by atoms with Crippen molar-refractivity contribution in [2.24, 2.45) is 0 Å². The first-order valence-electron chi connectivity index (χ1n) is 7.47. The normalized spacial score (nSPS) is 22.5. The highest BCUT2D eigenvalue weighted by molar-refractivity contribution is 7.90. The van der Waals surface area contributed by atoms with Gasteiger partial charge >= 0.3 is 0 Å². The van der Waals surface area contributed by atoms with Crippen LogP contribution in [0.2, 0.25) is 0 Å². The highest BCUT2D eigenvalue weighted by Gasteiger charge is 2.27. The minimum Gasteiger partial charge on any atom is -0.379 e. The van der Waals surface area contributed by atoms with Gasteiger partial charge in [0.25, 0.3) is 0 Å². The second kappa shape index (κ2) is 6.48. The number of ether oxygens (including phenoxy) is 1. The third-order valence-electron chi connectivity index (χ3n) is 3.75. The lowest BCUT2D eigenvalue weighted by atomic mass is 10.3. The highest BCUT2D eigenvalue weighted by Crippen LogP contribution is 2.20. The van der Waals surface area contributed by atoms with Crippen molar-refractivity contribution in [3.8, 4) is 0 Å². The molecule has 3 rings (SSSR count). The van der Waals surface area contributed by atoms with Gasteiger partial charge in [0.05, 0.1) is 24.6 Å². The van der Waals surface area contributed by atoms with Gasteiger partial charge in [-0.2, -0.15) is 5.10 Å². The molecule has 1 saturated carbocycles. The first-order chi connectivity index (χ1) is 10.9. The summed E-state index contributed by atoms with van der Waals surface area (Å²) in [6, 6.07) is 0.0607. The lowest BCUT2D eigenvalue weighted by Gasteiger charge is -2.08. The fraction of sp³-hybridized carbons (Fsp3) is 0.750. The van der Waals surface area contributed by atoms with Crippen LogP contribution in [0.1, 0.15) is 25.3 Å². The van der Waals surface area contributed by atoms with Crippen molar-refractivity contribution >= 4 is 20.0 Å². The Bertz CT molecular complexity index is 748. The molecular weight excluding hydrogens is 344 g/mol. The van der Waals surface area contributed by atoms with Crippen molar-refractivity contribution in [2.75, 3.05) is 25.5 Å². The van der Waals surface area contributed by atoms with E-state index in [1.54, 1.807) is 4.68 Å². The number of hydrogen-bond donors (Lipinski definition) is 2. The summed E-state index contributed by atoms with van der Waals surface area (Å²) in [5, 5.41) is 4.06. The predicted molar refractivity (Wildman–Crippen MR) is 81.8 cm³/mol. The van der Waals surface area contributed by atoms with Crippen LogP contribution in [0.4, 0.5) is 0 Å². The largest absolute Gasteiger partial charge is 0.379 e. The van der Waals surface area contributed by atoms with Gasteiger partial charge in [-0.25, -0.2) is 26.3 Å². The van der Waals surface area contributed by atoms with Crippen LogP contribution in [-0.2, 0) is 24.8 Å². The van der Waals surface area contributed by atoms with Gasteiger partial charge in [0.1, 0.15) is 4.90 Å². The van der Waals surface area contributed by atoms with E-state index in [2.05, 4.69) is 14.5 Å². The van der Waals surface area contributed by atoms with Gasteiger partial charge in [0.2, 0.25) is 20.0 Å². The van der Waals surface area contributed by atoms with Crippen molar-refractivity contribution in [1.29, 1.82) is 0 Å². The Kier molecular flexibility index (Phi) is 4.74. The Morgan fingerprint density at radius 3 is 2.70 bits per heavy atom. The van der Waals surface area contributed by atoms with Crippen LogP contribution < -0.4 is 9.44 Å². The van der Waals surface area contributed by atoms with E-state index in [1.807, 2.05) is 0 Å². The van der Waals surface area contributed by atoms with Crippen LogP contribution >= 0.6 is 0 Å². The van der Waals surface area contributed by atoms with E-state index in [-0.39, 0.29) is 29.3 Å². The molecule has 0 spiro atoms. The number of rotatable bonds is 8. The van der Waals surface area contributed by atoms with Crippen LogP contribution in [0.25, 0.3) is 0 Å². The maximum atomic E-state index is 12.2. The van der Waals surface area contributed by atoms with E-state index in [1.165, 1.54) is 12.4 Å². The second-order valence-corrected chi connectivity index (χ2v) is 9.42. The molecule has 2 fully saturated rings. The Hall–Kier alpha value is -1.01. The van der Waals surface area contributed by atoms with Crippen LogP contribution in [-0.4, -0.2) is 58.2 Å². The zero-order chi connectivity index (χ0) is 16.5. The molecule has 1 aromatic heterocycles. The number of sulfonamides is 2. The van der Waals surface area contributed by atoms with Gasteiger partial charge in [-0.05, 0) is 19.3 Å². The molecule has 0 amide bonds. The molecule has 1 aliphatic heterocycles. The molecule has 2 N–H and O–H groups in total. The minimum atomic E-state index is -3.77. The summed E-state index contributed by atoms with van der Waals surface area (Å²) in [5.74, 6) is -0.284. The Morgan fingerprint density at radius 1 is 1.26 bits per heavy atom. The van der Waals surface area contributed by atoms with Crippen LogP contribution in [0.5, 0.6) is 0 Å². The SMILES string of the molecule is O=S(=O)(CCNS(=O)(=O)c1cnn(C2CCOC2)c1)NC1CC1. The van der Waals surface area contributed by atoms with E-state index >= 15 is 0 Å². The predicted octanol–water partition coefficient (Wildman–Crippen LogP) is -0.795. The molecule has 9 nitrogen and oxygen atoms in total. The van der Waals surface area contributed by atoms with Crippen molar-refractivity contribution in [1.82, 2.24) is 19.2 Å². The Balaban J connectivity index is 1.56. The van der Waals surface area contributed by atoms with E-state index in [4.69, 9.17) is 4.74 Å². The van der Waals surface area contributed by atoms with Crippen molar-refractivity contribution in [3.63, 3.8) is 0 Å². The third kappa shape index (κ3) is 4.51. The standard InChI is InChI=1S/C12H20N4O5S2/c17-22(18,15-10-1-2-10)6-4-14-23(19,20)12-7-13-16(8-12)11-3-5-21-9-11/h7-8,10-11,14-15H,1-6,9H2.